The molecule has 1 aromatic carbocycles. The minimum absolute atomic E-state index is 0.0739. The Labute approximate surface area is 211 Å². The molecule has 0 fully saturated rings. The molecule has 0 atom stereocenters. The van der Waals surface area contributed by atoms with Crippen LogP contribution < -0.4 is 14.2 Å². The normalized spacial score (nSPS) is 10.8. The number of alkyl halides is 2. The van der Waals surface area contributed by atoms with Crippen LogP contribution in [0.25, 0.3) is 22.2 Å². The van der Waals surface area contributed by atoms with Gasteiger partial charge in [0.15, 0.2) is 0 Å². The molecular formula is C24H26ClF2N5O2S. The molecule has 0 aliphatic heterocycles. The van der Waals surface area contributed by atoms with Gasteiger partial charge in [0.05, 0.1) is 33.9 Å². The molecule has 0 amide bonds. The maximum Gasteiger partial charge on any atom is 0.272 e. The van der Waals surface area contributed by atoms with E-state index in [9.17, 15) is 8.78 Å². The Balaban J connectivity index is 0.00000167. The lowest BCUT2D eigenvalue weighted by Gasteiger charge is -2.13. The summed E-state index contributed by atoms with van der Waals surface area (Å²) < 4.78 is 38.4. The van der Waals surface area contributed by atoms with Crippen molar-refractivity contribution in [3.63, 3.8) is 0 Å². The van der Waals surface area contributed by atoms with Gasteiger partial charge in [-0.25, -0.2) is 13.8 Å². The minimum Gasteiger partial charge on any atom is -0.480 e. The fourth-order valence-corrected chi connectivity index (χ4v) is 4.24. The van der Waals surface area contributed by atoms with E-state index in [1.807, 2.05) is 57.3 Å². The summed E-state index contributed by atoms with van der Waals surface area (Å²) >= 11 is 7.80. The summed E-state index contributed by atoms with van der Waals surface area (Å²) in [6, 6.07) is 9.54. The number of rotatable bonds is 8. The van der Waals surface area contributed by atoms with Gasteiger partial charge in [-0.1, -0.05) is 37.6 Å². The van der Waals surface area contributed by atoms with E-state index >= 15 is 0 Å². The smallest absolute Gasteiger partial charge is 0.272 e. The minimum atomic E-state index is -2.61. The van der Waals surface area contributed by atoms with E-state index in [2.05, 4.69) is 24.7 Å². The number of aromatic nitrogens is 4. The molecule has 0 unspecified atom stereocenters. The molecule has 0 aliphatic carbocycles. The number of aromatic amines is 1. The van der Waals surface area contributed by atoms with Crippen molar-refractivity contribution in [2.24, 2.45) is 0 Å². The van der Waals surface area contributed by atoms with E-state index in [1.54, 1.807) is 6.92 Å². The number of halogens is 3. The van der Waals surface area contributed by atoms with Gasteiger partial charge in [-0.05, 0) is 44.0 Å². The molecular weight excluding hydrogens is 496 g/mol. The van der Waals surface area contributed by atoms with Gasteiger partial charge in [0.2, 0.25) is 11.7 Å². The number of benzene rings is 1. The number of aryl methyl sites for hydroxylation is 2. The Kier molecular flexibility index (Phi) is 9.11. The van der Waals surface area contributed by atoms with Crippen LogP contribution in [0.1, 0.15) is 25.2 Å². The first-order valence-electron chi connectivity index (χ1n) is 10.9. The topological polar surface area (TPSA) is 85.0 Å². The maximum absolute atomic E-state index is 12.5. The molecule has 0 saturated heterocycles. The van der Waals surface area contributed by atoms with E-state index in [1.165, 1.54) is 19.1 Å². The highest BCUT2D eigenvalue weighted by Gasteiger charge is 2.18. The second-order valence-corrected chi connectivity index (χ2v) is 8.29. The van der Waals surface area contributed by atoms with Crippen molar-refractivity contribution in [3.8, 4) is 22.9 Å². The number of nitrogens with zero attached hydrogens (tertiary/aromatic N) is 3. The molecule has 3 aromatic heterocycles. The highest BCUT2D eigenvalue weighted by Crippen LogP contribution is 2.38. The lowest BCUT2D eigenvalue weighted by Crippen LogP contribution is -2.11. The predicted molar refractivity (Wildman–Crippen MR) is 137 cm³/mol. The van der Waals surface area contributed by atoms with Crippen molar-refractivity contribution >= 4 is 40.4 Å². The van der Waals surface area contributed by atoms with E-state index in [0.29, 0.717) is 10.7 Å². The zero-order valence-corrected chi connectivity index (χ0v) is 21.5. The number of nitrogens with one attached hydrogen (secondary N) is 2. The average molecular weight is 522 g/mol. The molecule has 186 valence electrons. The summed E-state index contributed by atoms with van der Waals surface area (Å²) in [5.41, 5.74) is 3.73. The third-order valence-corrected chi connectivity index (χ3v) is 5.87. The van der Waals surface area contributed by atoms with Crippen molar-refractivity contribution in [1.29, 1.82) is 0 Å². The van der Waals surface area contributed by atoms with Gasteiger partial charge in [0.1, 0.15) is 6.61 Å². The molecule has 4 rings (SSSR count). The van der Waals surface area contributed by atoms with Crippen molar-refractivity contribution in [2.45, 2.75) is 39.0 Å². The number of H-pyrrole nitrogens is 1. The zero-order valence-electron chi connectivity index (χ0n) is 19.9. The van der Waals surface area contributed by atoms with Gasteiger partial charge in [-0.2, -0.15) is 4.98 Å². The van der Waals surface area contributed by atoms with E-state index in [0.717, 1.165) is 32.7 Å². The number of hydrogen-bond donors (Lipinski definition) is 2. The quantitative estimate of drug-likeness (QED) is 0.239. The van der Waals surface area contributed by atoms with Crippen LogP contribution in [-0.2, 0) is 0 Å². The zero-order chi connectivity index (χ0) is 25.5. The molecule has 3 heterocycles. The third kappa shape index (κ3) is 6.12. The summed E-state index contributed by atoms with van der Waals surface area (Å²) in [6.45, 7) is 6.80. The molecule has 2 N–H and O–H groups in total. The monoisotopic (exact) mass is 521 g/mol. The van der Waals surface area contributed by atoms with Crippen LogP contribution in [-0.4, -0.2) is 40.1 Å². The van der Waals surface area contributed by atoms with Crippen LogP contribution in [0.15, 0.2) is 41.4 Å². The van der Waals surface area contributed by atoms with Gasteiger partial charge in [-0.15, -0.1) is 0 Å². The van der Waals surface area contributed by atoms with E-state index < -0.39 is 13.0 Å². The number of ether oxygens (including phenoxy) is 2. The van der Waals surface area contributed by atoms with Gasteiger partial charge >= 0.3 is 0 Å². The summed E-state index contributed by atoms with van der Waals surface area (Å²) in [6.07, 6.45) is -0.764. The molecule has 4 aromatic rings. The molecule has 0 radical (unpaired) electrons. The fraction of sp³-hybridized carbons (Fsp3) is 0.292. The van der Waals surface area contributed by atoms with Crippen LogP contribution in [0.5, 0.6) is 11.6 Å². The lowest BCUT2D eigenvalue weighted by molar-refractivity contribution is 0.0795. The van der Waals surface area contributed by atoms with Crippen LogP contribution in [0.3, 0.4) is 0 Å². The molecule has 0 bridgehead atoms. The van der Waals surface area contributed by atoms with Crippen molar-refractivity contribution in [1.82, 2.24) is 19.9 Å². The summed E-state index contributed by atoms with van der Waals surface area (Å²) in [4.78, 5) is 17.3. The van der Waals surface area contributed by atoms with Crippen molar-refractivity contribution in [3.05, 3.63) is 52.9 Å². The van der Waals surface area contributed by atoms with Crippen molar-refractivity contribution in [2.75, 3.05) is 18.4 Å². The number of pyridine rings is 1. The Morgan fingerprint density at radius 2 is 1.89 bits per heavy atom. The first kappa shape index (κ1) is 26.5. The number of methoxy groups -OCH3 is 1. The first-order chi connectivity index (χ1) is 16.9. The van der Waals surface area contributed by atoms with Gasteiger partial charge in [0.25, 0.3) is 12.3 Å². The Morgan fingerprint density at radius 3 is 2.57 bits per heavy atom. The largest absolute Gasteiger partial charge is 0.480 e. The van der Waals surface area contributed by atoms with Gasteiger partial charge in [0, 0.05) is 22.8 Å². The summed E-state index contributed by atoms with van der Waals surface area (Å²) in [7, 11) is 1.39. The average Bonchev–Trinajstić information content (AvgIpc) is 3.25. The molecule has 0 spiro atoms. The Hall–Kier alpha value is -3.11. The van der Waals surface area contributed by atoms with E-state index in [-0.39, 0.29) is 17.6 Å². The maximum atomic E-state index is 12.5. The summed E-state index contributed by atoms with van der Waals surface area (Å²) in [5, 5.41) is 1.53. The van der Waals surface area contributed by atoms with Gasteiger partial charge in [-0.3, -0.25) is 9.71 Å². The molecule has 0 saturated carbocycles. The highest BCUT2D eigenvalue weighted by molar-refractivity contribution is 8.00. The highest BCUT2D eigenvalue weighted by atomic mass is 35.5. The first-order valence-corrected chi connectivity index (χ1v) is 12.1. The van der Waals surface area contributed by atoms with Gasteiger partial charge < -0.3 is 14.5 Å². The predicted octanol–water partition coefficient (Wildman–Crippen LogP) is 7.09. The molecule has 11 heteroatoms. The standard InChI is InChI=1S/C22H20ClF2N5O2S.C2H6/c1-11-5-4-6-15(27-11)18-14(23)8-7-13-16(9-26-19(13)18)33-30-22-28-12(2)20(21(29-22)31-3)32-10-17(24)25;1-2/h4-9,17,26H,10H2,1-3H3,(H,28,29,30);1-2H3. The van der Waals surface area contributed by atoms with E-state index in [4.69, 9.17) is 21.1 Å². The second-order valence-electron chi connectivity index (χ2n) is 7.04. The Bertz CT molecular complexity index is 1300. The van der Waals surface area contributed by atoms with Crippen LogP contribution in [0, 0.1) is 13.8 Å². The second kappa shape index (κ2) is 12.0. The molecule has 35 heavy (non-hydrogen) atoms. The molecule has 7 nitrogen and oxygen atoms in total. The Morgan fingerprint density at radius 1 is 1.11 bits per heavy atom. The van der Waals surface area contributed by atoms with Crippen molar-refractivity contribution < 1.29 is 18.3 Å². The summed E-state index contributed by atoms with van der Waals surface area (Å²) in [5.74, 6) is 0.415. The molecule has 0 aliphatic rings. The number of hydrogen-bond acceptors (Lipinski definition) is 7. The third-order valence-electron chi connectivity index (χ3n) is 4.72. The number of fused-ring (bicyclic) bond motifs is 1. The van der Waals surface area contributed by atoms with Crippen LogP contribution >= 0.6 is 23.5 Å². The lowest BCUT2D eigenvalue weighted by atomic mass is 10.1. The fourth-order valence-electron chi connectivity index (χ4n) is 3.30. The SMILES string of the molecule is CC.COc1nc(NSc2c[nH]c3c(-c4cccc(C)n4)c(Cl)ccc23)nc(C)c1OCC(F)F. The van der Waals surface area contributed by atoms with Crippen LogP contribution in [0.4, 0.5) is 14.7 Å². The van der Waals surface area contributed by atoms with Crippen LogP contribution in [0.2, 0.25) is 5.02 Å². The number of anilines is 1.